The molecule has 0 aromatic rings. The average Bonchev–Trinajstić information content (AvgIpc) is 2.60. The number of esters is 3. The number of aliphatic hydroxyl groups is 2. The van der Waals surface area contributed by atoms with Gasteiger partial charge in [0.1, 0.15) is 18.8 Å². The summed E-state index contributed by atoms with van der Waals surface area (Å²) in [6.45, 7) is 13.5. The maximum absolute atomic E-state index is 11.9. The average molecular weight is 384 g/mol. The van der Waals surface area contributed by atoms with Crippen molar-refractivity contribution in [1.29, 1.82) is 0 Å². The van der Waals surface area contributed by atoms with Gasteiger partial charge in [0, 0.05) is 16.7 Å². The normalized spacial score (nSPS) is 14.7. The monoisotopic (exact) mass is 384 g/mol. The third-order valence-electron chi connectivity index (χ3n) is 3.12. The van der Waals surface area contributed by atoms with E-state index >= 15 is 0 Å². The Morgan fingerprint density at radius 3 is 1.74 bits per heavy atom. The summed E-state index contributed by atoms with van der Waals surface area (Å²) in [7, 11) is 0. The molecule has 0 aromatic heterocycles. The van der Waals surface area contributed by atoms with Gasteiger partial charge >= 0.3 is 17.9 Å². The second-order valence-electron chi connectivity index (χ2n) is 5.87. The fourth-order valence-corrected chi connectivity index (χ4v) is 1.58. The van der Waals surface area contributed by atoms with Crippen LogP contribution in [0.3, 0.4) is 0 Å². The van der Waals surface area contributed by atoms with Crippen LogP contribution in [-0.2, 0) is 33.4 Å². The van der Waals surface area contributed by atoms with Gasteiger partial charge in [-0.25, -0.2) is 14.4 Å². The fraction of sp³-hybridized carbons (Fsp3) is 0.444. The molecule has 0 bridgehead atoms. The van der Waals surface area contributed by atoms with Crippen molar-refractivity contribution in [2.75, 3.05) is 6.61 Å². The first-order chi connectivity index (χ1) is 12.4. The Kier molecular flexibility index (Phi) is 9.91. The first-order valence-corrected chi connectivity index (χ1v) is 7.79. The summed E-state index contributed by atoms with van der Waals surface area (Å²) in [5.41, 5.74) is -0.0396. The zero-order chi connectivity index (χ0) is 21.3. The molecule has 27 heavy (non-hydrogen) atoms. The minimum absolute atomic E-state index is 0.00377. The summed E-state index contributed by atoms with van der Waals surface area (Å²) in [6.07, 6.45) is -7.22. The highest BCUT2D eigenvalue weighted by Crippen LogP contribution is 2.16. The first kappa shape index (κ1) is 24.2. The molecule has 0 unspecified atom stereocenters. The van der Waals surface area contributed by atoms with Crippen molar-refractivity contribution in [3.63, 3.8) is 0 Å². The molecule has 0 aliphatic carbocycles. The number of rotatable bonds is 11. The van der Waals surface area contributed by atoms with Gasteiger partial charge in [-0.05, 0) is 20.8 Å². The van der Waals surface area contributed by atoms with Crippen molar-refractivity contribution in [2.24, 2.45) is 0 Å². The third kappa shape index (κ3) is 7.97. The molecule has 0 spiro atoms. The minimum Gasteiger partial charge on any atom is -0.458 e. The Balaban J connectivity index is 5.77. The van der Waals surface area contributed by atoms with Crippen LogP contribution in [-0.4, -0.2) is 65.4 Å². The van der Waals surface area contributed by atoms with Crippen LogP contribution in [0.15, 0.2) is 36.5 Å². The number of hydrogen-bond acceptors (Lipinski definition) is 9. The lowest BCUT2D eigenvalue weighted by Crippen LogP contribution is -2.51. The molecule has 0 aromatic carbocycles. The highest BCUT2D eigenvalue weighted by molar-refractivity contribution is 5.88. The van der Waals surface area contributed by atoms with Gasteiger partial charge < -0.3 is 29.2 Å². The Labute approximate surface area is 156 Å². The molecule has 4 atom stereocenters. The van der Waals surface area contributed by atoms with Crippen LogP contribution in [0.1, 0.15) is 20.8 Å². The van der Waals surface area contributed by atoms with Crippen molar-refractivity contribution in [2.45, 2.75) is 45.2 Å². The van der Waals surface area contributed by atoms with Crippen LogP contribution in [0.25, 0.3) is 0 Å². The molecule has 0 heterocycles. The largest absolute Gasteiger partial charge is 0.458 e. The molecule has 0 amide bonds. The molecule has 9 heteroatoms. The van der Waals surface area contributed by atoms with Crippen molar-refractivity contribution >= 4 is 24.2 Å². The Morgan fingerprint density at radius 2 is 1.33 bits per heavy atom. The van der Waals surface area contributed by atoms with Gasteiger partial charge in [0.25, 0.3) is 0 Å². The van der Waals surface area contributed by atoms with Crippen LogP contribution in [0.2, 0.25) is 0 Å². The van der Waals surface area contributed by atoms with E-state index in [4.69, 9.17) is 14.2 Å². The zero-order valence-electron chi connectivity index (χ0n) is 15.5. The van der Waals surface area contributed by atoms with E-state index < -0.39 is 48.9 Å². The van der Waals surface area contributed by atoms with Gasteiger partial charge in [-0.1, -0.05) is 19.7 Å². The molecule has 9 nitrogen and oxygen atoms in total. The van der Waals surface area contributed by atoms with Crippen molar-refractivity contribution in [3.05, 3.63) is 36.5 Å². The molecule has 0 rings (SSSR count). The quantitative estimate of drug-likeness (QED) is 0.218. The number of hydrogen-bond donors (Lipinski definition) is 2. The van der Waals surface area contributed by atoms with Crippen LogP contribution < -0.4 is 0 Å². The van der Waals surface area contributed by atoms with Crippen molar-refractivity contribution in [1.82, 2.24) is 0 Å². The van der Waals surface area contributed by atoms with Gasteiger partial charge in [-0.3, -0.25) is 0 Å². The molecule has 2 N–H and O–H groups in total. The van der Waals surface area contributed by atoms with Crippen molar-refractivity contribution in [3.8, 4) is 0 Å². The highest BCUT2D eigenvalue weighted by atomic mass is 16.6. The summed E-state index contributed by atoms with van der Waals surface area (Å²) in [6, 6.07) is 0. The van der Waals surface area contributed by atoms with Gasteiger partial charge in [0.15, 0.2) is 18.5 Å². The summed E-state index contributed by atoms with van der Waals surface area (Å²) in [5, 5.41) is 19.7. The van der Waals surface area contributed by atoms with E-state index in [1.165, 1.54) is 20.8 Å². The van der Waals surface area contributed by atoms with Crippen LogP contribution >= 0.6 is 0 Å². The first-order valence-electron chi connectivity index (χ1n) is 7.79. The molecule has 0 radical (unpaired) electrons. The SMILES string of the molecule is C=C(C)C(=O)OC[C@@H](OC(=O)C(=C)C)[C@H](OC(=O)C(=C)C)[C@H](O)[C@@H](O)C=O. The number of aliphatic hydroxyl groups excluding tert-OH is 2. The predicted octanol–water partition coefficient (Wildman–Crippen LogP) is 0.00220. The van der Waals surface area contributed by atoms with Gasteiger partial charge in [0.05, 0.1) is 0 Å². The highest BCUT2D eigenvalue weighted by Gasteiger charge is 2.39. The van der Waals surface area contributed by atoms with E-state index in [1.807, 2.05) is 0 Å². The zero-order valence-corrected chi connectivity index (χ0v) is 15.5. The van der Waals surface area contributed by atoms with Gasteiger partial charge in [0.2, 0.25) is 0 Å². The molecule has 150 valence electrons. The Hall–Kier alpha value is -2.78. The van der Waals surface area contributed by atoms with E-state index in [2.05, 4.69) is 19.7 Å². The maximum Gasteiger partial charge on any atom is 0.333 e. The lowest BCUT2D eigenvalue weighted by atomic mass is 10.0. The van der Waals surface area contributed by atoms with Crippen molar-refractivity contribution < 1.29 is 43.6 Å². The molecule has 0 aliphatic heterocycles. The maximum atomic E-state index is 11.9. The summed E-state index contributed by atoms with van der Waals surface area (Å²) >= 11 is 0. The predicted molar refractivity (Wildman–Crippen MR) is 93.2 cm³/mol. The third-order valence-corrected chi connectivity index (χ3v) is 3.12. The molecule has 0 fully saturated rings. The Bertz CT molecular complexity index is 635. The fourth-order valence-electron chi connectivity index (χ4n) is 1.58. The lowest BCUT2D eigenvalue weighted by molar-refractivity contribution is -0.186. The molecule has 0 saturated carbocycles. The number of ether oxygens (including phenoxy) is 3. The second kappa shape index (κ2) is 11.0. The summed E-state index contributed by atoms with van der Waals surface area (Å²) in [5.74, 6) is -2.75. The van der Waals surface area contributed by atoms with Gasteiger partial charge in [-0.15, -0.1) is 0 Å². The lowest BCUT2D eigenvalue weighted by Gasteiger charge is -2.31. The van der Waals surface area contributed by atoms with E-state index in [0.717, 1.165) is 0 Å². The molecule has 0 saturated heterocycles. The smallest absolute Gasteiger partial charge is 0.333 e. The minimum atomic E-state index is -1.97. The second-order valence-corrected chi connectivity index (χ2v) is 5.87. The standard InChI is InChI=1S/C18H24O9/c1-9(2)16(22)25-8-13(26-17(23)10(3)4)15(14(21)12(20)7-19)27-18(24)11(5)6/h7,12-15,20-21H,1,3,5,8H2,2,4,6H3/t12-,13+,14+,15-/m0/s1. The van der Waals surface area contributed by atoms with E-state index in [9.17, 15) is 29.4 Å². The molecular weight excluding hydrogens is 360 g/mol. The van der Waals surface area contributed by atoms with E-state index in [-0.39, 0.29) is 23.0 Å². The Morgan fingerprint density at radius 1 is 0.889 bits per heavy atom. The van der Waals surface area contributed by atoms with E-state index in [0.29, 0.717) is 0 Å². The molecule has 0 aliphatic rings. The van der Waals surface area contributed by atoms with Gasteiger partial charge in [-0.2, -0.15) is 0 Å². The number of carbonyl (C=O) groups is 4. The summed E-state index contributed by atoms with van der Waals surface area (Å²) < 4.78 is 15.0. The van der Waals surface area contributed by atoms with E-state index in [1.54, 1.807) is 0 Å². The van der Waals surface area contributed by atoms with Crippen LogP contribution in [0.4, 0.5) is 0 Å². The topological polar surface area (TPSA) is 136 Å². The summed E-state index contributed by atoms with van der Waals surface area (Å²) in [4.78, 5) is 46.1. The van der Waals surface area contributed by atoms with Crippen LogP contribution in [0, 0.1) is 0 Å². The number of aldehydes is 1. The number of carbonyl (C=O) groups excluding carboxylic acids is 4. The van der Waals surface area contributed by atoms with Crippen LogP contribution in [0.5, 0.6) is 0 Å². The molecular formula is C18H24O9.